The van der Waals surface area contributed by atoms with Crippen LogP contribution in [-0.4, -0.2) is 25.7 Å². The molecule has 0 atom stereocenters. The lowest BCUT2D eigenvalue weighted by Crippen LogP contribution is -2.25. The minimum Gasteiger partial charge on any atom is -0.491 e. The molecule has 0 aliphatic heterocycles. The Morgan fingerprint density at radius 3 is 2.45 bits per heavy atom. The van der Waals surface area contributed by atoms with E-state index in [9.17, 15) is 4.79 Å². The van der Waals surface area contributed by atoms with E-state index in [0.29, 0.717) is 24.7 Å². The second kappa shape index (κ2) is 12.3. The maximum atomic E-state index is 11.5. The molecule has 0 aliphatic carbocycles. The van der Waals surface area contributed by atoms with Crippen LogP contribution in [0.3, 0.4) is 0 Å². The van der Waals surface area contributed by atoms with E-state index in [1.807, 2.05) is 0 Å². The van der Waals surface area contributed by atoms with Gasteiger partial charge in [0.25, 0.3) is 0 Å². The monoisotopic (exact) mass is 328 g/mol. The van der Waals surface area contributed by atoms with Gasteiger partial charge in [-0.3, -0.25) is 9.63 Å². The lowest BCUT2D eigenvalue weighted by molar-refractivity contribution is -0.134. The Hall–Kier alpha value is -1.30. The largest absolute Gasteiger partial charge is 0.491 e. The molecule has 0 radical (unpaired) electrons. The van der Waals surface area contributed by atoms with Gasteiger partial charge in [0.15, 0.2) is 0 Å². The van der Waals surface area contributed by atoms with Crippen LogP contribution >= 0.6 is 11.6 Å². The van der Waals surface area contributed by atoms with E-state index >= 15 is 0 Å². The number of nitrogens with two attached hydrogens (primary N) is 1. The van der Waals surface area contributed by atoms with Crippen molar-refractivity contribution in [2.45, 2.75) is 38.5 Å². The molecule has 0 aliphatic rings. The van der Waals surface area contributed by atoms with Crippen molar-refractivity contribution in [2.24, 2.45) is 5.73 Å². The Kier molecular flexibility index (Phi) is 10.5. The highest BCUT2D eigenvalue weighted by molar-refractivity contribution is 6.30. The van der Waals surface area contributed by atoms with Crippen LogP contribution in [0.1, 0.15) is 38.5 Å². The van der Waals surface area contributed by atoms with Gasteiger partial charge in [-0.25, -0.2) is 5.48 Å². The number of hydrogen-bond donors (Lipinski definition) is 2. The van der Waals surface area contributed by atoms with Crippen LogP contribution < -0.4 is 16.0 Å². The third-order valence-corrected chi connectivity index (χ3v) is 3.31. The zero-order valence-corrected chi connectivity index (χ0v) is 13.6. The number of hydroxylamine groups is 1. The van der Waals surface area contributed by atoms with E-state index in [1.165, 1.54) is 0 Å². The number of benzene rings is 1. The second-order valence-electron chi connectivity index (χ2n) is 4.98. The molecule has 3 N–H and O–H groups in total. The van der Waals surface area contributed by atoms with Gasteiger partial charge in [-0.1, -0.05) is 30.9 Å². The molecule has 0 saturated heterocycles. The van der Waals surface area contributed by atoms with Crippen molar-refractivity contribution in [1.82, 2.24) is 5.48 Å². The molecule has 6 heteroatoms. The number of nitrogens with one attached hydrogen (secondary N) is 1. The maximum Gasteiger partial charge on any atom is 0.243 e. The van der Waals surface area contributed by atoms with E-state index < -0.39 is 0 Å². The summed E-state index contributed by atoms with van der Waals surface area (Å²) in [5.74, 6) is 0.627. The molecule has 0 spiro atoms. The minimum absolute atomic E-state index is 0.0923. The molecule has 1 amide bonds. The van der Waals surface area contributed by atoms with Gasteiger partial charge in [-0.15, -0.1) is 0 Å². The molecule has 0 unspecified atom stereocenters. The first-order valence-corrected chi connectivity index (χ1v) is 8.09. The number of rotatable bonds is 12. The summed E-state index contributed by atoms with van der Waals surface area (Å²) in [6.07, 6.45) is 5.73. The summed E-state index contributed by atoms with van der Waals surface area (Å²) < 4.78 is 5.43. The third-order valence-electron chi connectivity index (χ3n) is 3.06. The molecule has 0 heterocycles. The predicted molar refractivity (Wildman–Crippen MR) is 87.8 cm³/mol. The highest BCUT2D eigenvalue weighted by Crippen LogP contribution is 2.15. The summed E-state index contributed by atoms with van der Waals surface area (Å²) in [5.41, 5.74) is 7.84. The molecule has 0 aromatic heterocycles. The molecule has 0 fully saturated rings. The molecular weight excluding hydrogens is 304 g/mol. The van der Waals surface area contributed by atoms with Crippen LogP contribution in [0.15, 0.2) is 24.3 Å². The molecule has 0 bridgehead atoms. The van der Waals surface area contributed by atoms with Crippen molar-refractivity contribution >= 4 is 17.5 Å². The molecule has 1 aromatic carbocycles. The molecule has 124 valence electrons. The van der Waals surface area contributed by atoms with Crippen molar-refractivity contribution in [2.75, 3.05) is 19.8 Å². The highest BCUT2D eigenvalue weighted by Gasteiger charge is 2.01. The Morgan fingerprint density at radius 1 is 1.05 bits per heavy atom. The van der Waals surface area contributed by atoms with Gasteiger partial charge >= 0.3 is 0 Å². The molecule has 1 aromatic rings. The van der Waals surface area contributed by atoms with E-state index in [2.05, 4.69) is 5.48 Å². The Balaban J connectivity index is 1.93. The van der Waals surface area contributed by atoms with Crippen LogP contribution in [-0.2, 0) is 9.63 Å². The Bertz CT molecular complexity index is 412. The van der Waals surface area contributed by atoms with E-state index in [0.717, 1.165) is 44.4 Å². The van der Waals surface area contributed by atoms with Gasteiger partial charge in [0.05, 0.1) is 0 Å². The van der Waals surface area contributed by atoms with E-state index in [4.69, 9.17) is 26.9 Å². The number of carbonyl (C=O) groups excluding carboxylic acids is 1. The van der Waals surface area contributed by atoms with Crippen molar-refractivity contribution in [3.05, 3.63) is 29.3 Å². The smallest absolute Gasteiger partial charge is 0.243 e. The molecular formula is C16H25ClN2O3. The van der Waals surface area contributed by atoms with E-state index in [-0.39, 0.29) is 5.91 Å². The second-order valence-corrected chi connectivity index (χ2v) is 5.42. The lowest BCUT2D eigenvalue weighted by Gasteiger charge is -2.08. The molecule has 0 saturated carbocycles. The number of carbonyl (C=O) groups is 1. The molecule has 1 rings (SSSR count). The zero-order valence-electron chi connectivity index (χ0n) is 12.9. The first-order valence-electron chi connectivity index (χ1n) is 7.71. The maximum absolute atomic E-state index is 11.5. The summed E-state index contributed by atoms with van der Waals surface area (Å²) >= 11 is 5.77. The van der Waals surface area contributed by atoms with Gasteiger partial charge in [0.1, 0.15) is 19.0 Å². The lowest BCUT2D eigenvalue weighted by atomic mass is 10.1. The van der Waals surface area contributed by atoms with Gasteiger partial charge in [-0.2, -0.15) is 0 Å². The fraction of sp³-hybridized carbons (Fsp3) is 0.562. The average molecular weight is 329 g/mol. The average Bonchev–Trinajstić information content (AvgIpc) is 2.52. The van der Waals surface area contributed by atoms with Crippen molar-refractivity contribution in [3.63, 3.8) is 0 Å². The SMILES string of the molecule is NCCCCCCCC(=O)NOCCOc1ccc(Cl)cc1. The Labute approximate surface area is 137 Å². The van der Waals surface area contributed by atoms with Crippen LogP contribution in [0.25, 0.3) is 0 Å². The fourth-order valence-corrected chi connectivity index (χ4v) is 2.00. The number of unbranched alkanes of at least 4 members (excludes halogenated alkanes) is 4. The van der Waals surface area contributed by atoms with Gasteiger partial charge in [0, 0.05) is 11.4 Å². The molecule has 22 heavy (non-hydrogen) atoms. The number of ether oxygens (including phenoxy) is 1. The summed E-state index contributed by atoms with van der Waals surface area (Å²) in [7, 11) is 0. The van der Waals surface area contributed by atoms with Crippen LogP contribution in [0, 0.1) is 0 Å². The summed E-state index contributed by atoms with van der Waals surface area (Å²) in [5, 5.41) is 0.666. The van der Waals surface area contributed by atoms with Crippen LogP contribution in [0.5, 0.6) is 5.75 Å². The summed E-state index contributed by atoms with van der Waals surface area (Å²) in [6, 6.07) is 7.08. The normalized spacial score (nSPS) is 10.5. The van der Waals surface area contributed by atoms with Crippen molar-refractivity contribution < 1.29 is 14.4 Å². The topological polar surface area (TPSA) is 73.6 Å². The Morgan fingerprint density at radius 2 is 1.73 bits per heavy atom. The first kappa shape index (κ1) is 18.7. The van der Waals surface area contributed by atoms with E-state index in [1.54, 1.807) is 24.3 Å². The van der Waals surface area contributed by atoms with Crippen molar-refractivity contribution in [3.8, 4) is 5.75 Å². The predicted octanol–water partition coefficient (Wildman–Crippen LogP) is 3.07. The fourth-order valence-electron chi connectivity index (χ4n) is 1.87. The van der Waals surface area contributed by atoms with Gasteiger partial charge in [0.2, 0.25) is 5.91 Å². The standard InChI is InChI=1S/C16H25ClN2O3/c17-14-7-9-15(10-8-14)21-12-13-22-19-16(20)6-4-2-1-3-5-11-18/h7-10H,1-6,11-13,18H2,(H,19,20). The number of amides is 1. The summed E-state index contributed by atoms with van der Waals surface area (Å²) in [4.78, 5) is 16.6. The van der Waals surface area contributed by atoms with Crippen molar-refractivity contribution in [1.29, 1.82) is 0 Å². The summed E-state index contributed by atoms with van der Waals surface area (Å²) in [6.45, 7) is 1.40. The number of halogens is 1. The molecule has 5 nitrogen and oxygen atoms in total. The first-order chi connectivity index (χ1) is 10.7. The zero-order chi connectivity index (χ0) is 16.0. The van der Waals surface area contributed by atoms with Crippen LogP contribution in [0.4, 0.5) is 0 Å². The van der Waals surface area contributed by atoms with Gasteiger partial charge in [-0.05, 0) is 43.7 Å². The highest BCUT2D eigenvalue weighted by atomic mass is 35.5. The quantitative estimate of drug-likeness (QED) is 0.457. The number of hydrogen-bond acceptors (Lipinski definition) is 4. The third kappa shape index (κ3) is 9.60. The van der Waals surface area contributed by atoms with Gasteiger partial charge < -0.3 is 10.5 Å². The van der Waals surface area contributed by atoms with Crippen LogP contribution in [0.2, 0.25) is 5.02 Å². The minimum atomic E-state index is -0.0923.